The van der Waals surface area contributed by atoms with Gasteiger partial charge in [0.2, 0.25) is 0 Å². The zero-order valence-electron chi connectivity index (χ0n) is 11.4. The standard InChI is InChI=1S/C16H13N3O2/c1-12-5-4-6-13(9-12)14-10-17-18(11-14)15-7-2-3-8-16(15)19(20)21/h2-11H,1H3. The van der Waals surface area contributed by atoms with Crippen molar-refractivity contribution in [2.75, 3.05) is 0 Å². The number of nitro groups is 1. The summed E-state index contributed by atoms with van der Waals surface area (Å²) in [6, 6.07) is 14.6. The summed E-state index contributed by atoms with van der Waals surface area (Å²) in [5.41, 5.74) is 3.63. The molecule has 2 aromatic carbocycles. The Labute approximate surface area is 121 Å². The lowest BCUT2D eigenvalue weighted by Crippen LogP contribution is -1.99. The smallest absolute Gasteiger partial charge is 0.258 e. The molecule has 5 nitrogen and oxygen atoms in total. The van der Waals surface area contributed by atoms with Gasteiger partial charge in [-0.1, -0.05) is 42.0 Å². The fourth-order valence-corrected chi connectivity index (χ4v) is 2.24. The van der Waals surface area contributed by atoms with Gasteiger partial charge in [-0.25, -0.2) is 4.68 Å². The maximum atomic E-state index is 11.1. The minimum atomic E-state index is -0.399. The average molecular weight is 279 g/mol. The number of nitro benzene ring substituents is 1. The summed E-state index contributed by atoms with van der Waals surface area (Å²) in [5, 5.41) is 15.3. The highest BCUT2D eigenvalue weighted by Crippen LogP contribution is 2.25. The number of aryl methyl sites for hydroxylation is 1. The Hall–Kier alpha value is -2.95. The molecule has 0 saturated carbocycles. The van der Waals surface area contributed by atoms with Crippen LogP contribution in [0.2, 0.25) is 0 Å². The minimum Gasteiger partial charge on any atom is -0.258 e. The zero-order chi connectivity index (χ0) is 14.8. The maximum absolute atomic E-state index is 11.1. The highest BCUT2D eigenvalue weighted by Gasteiger charge is 2.15. The number of nitrogens with zero attached hydrogens (tertiary/aromatic N) is 3. The molecule has 0 aliphatic heterocycles. The Morgan fingerprint density at radius 3 is 2.67 bits per heavy atom. The Morgan fingerprint density at radius 2 is 1.90 bits per heavy atom. The van der Waals surface area contributed by atoms with Crippen LogP contribution in [0.4, 0.5) is 5.69 Å². The summed E-state index contributed by atoms with van der Waals surface area (Å²) < 4.78 is 1.54. The first-order chi connectivity index (χ1) is 10.1. The first kappa shape index (κ1) is 13.1. The van der Waals surface area contributed by atoms with Crippen molar-refractivity contribution in [1.29, 1.82) is 0 Å². The van der Waals surface area contributed by atoms with Crippen molar-refractivity contribution in [1.82, 2.24) is 9.78 Å². The lowest BCUT2D eigenvalue weighted by Gasteiger charge is -2.02. The Morgan fingerprint density at radius 1 is 1.10 bits per heavy atom. The molecule has 104 valence electrons. The van der Waals surface area contributed by atoms with Crippen LogP contribution in [-0.4, -0.2) is 14.7 Å². The molecule has 0 saturated heterocycles. The van der Waals surface area contributed by atoms with Gasteiger partial charge in [0.1, 0.15) is 5.69 Å². The van der Waals surface area contributed by atoms with E-state index >= 15 is 0 Å². The molecule has 0 aliphatic carbocycles. The van der Waals surface area contributed by atoms with Crippen LogP contribution < -0.4 is 0 Å². The van der Waals surface area contributed by atoms with Crippen molar-refractivity contribution < 1.29 is 4.92 Å². The highest BCUT2D eigenvalue weighted by atomic mass is 16.6. The quantitative estimate of drug-likeness (QED) is 0.541. The van der Waals surface area contributed by atoms with Crippen molar-refractivity contribution in [3.63, 3.8) is 0 Å². The van der Waals surface area contributed by atoms with Crippen LogP contribution in [0, 0.1) is 17.0 Å². The molecule has 3 aromatic rings. The first-order valence-electron chi connectivity index (χ1n) is 6.50. The van der Waals surface area contributed by atoms with Crippen molar-refractivity contribution in [2.45, 2.75) is 6.92 Å². The molecular weight excluding hydrogens is 266 g/mol. The van der Waals surface area contributed by atoms with Crippen LogP contribution in [0.3, 0.4) is 0 Å². The summed E-state index contributed by atoms with van der Waals surface area (Å²) in [7, 11) is 0. The molecule has 0 radical (unpaired) electrons. The second-order valence-electron chi connectivity index (χ2n) is 4.79. The summed E-state index contributed by atoms with van der Waals surface area (Å²) in [4.78, 5) is 10.7. The van der Waals surface area contributed by atoms with Crippen LogP contribution in [0.1, 0.15) is 5.56 Å². The van der Waals surface area contributed by atoms with E-state index in [0.717, 1.165) is 16.7 Å². The lowest BCUT2D eigenvalue weighted by atomic mass is 10.1. The molecule has 0 spiro atoms. The molecule has 5 heteroatoms. The lowest BCUT2D eigenvalue weighted by molar-refractivity contribution is -0.384. The second kappa shape index (κ2) is 5.20. The summed E-state index contributed by atoms with van der Waals surface area (Å²) in [6.07, 6.45) is 3.52. The van der Waals surface area contributed by atoms with Crippen molar-refractivity contribution in [2.24, 2.45) is 0 Å². The van der Waals surface area contributed by atoms with Gasteiger partial charge in [0.05, 0.1) is 11.1 Å². The van der Waals surface area contributed by atoms with Gasteiger partial charge in [0, 0.05) is 17.8 Å². The first-order valence-corrected chi connectivity index (χ1v) is 6.50. The van der Waals surface area contributed by atoms with Gasteiger partial charge in [-0.3, -0.25) is 10.1 Å². The molecule has 1 aromatic heterocycles. The molecule has 0 amide bonds. The summed E-state index contributed by atoms with van der Waals surface area (Å²) in [6.45, 7) is 2.02. The molecule has 0 bridgehead atoms. The third kappa shape index (κ3) is 2.53. The number of benzene rings is 2. The van der Waals surface area contributed by atoms with Gasteiger partial charge in [-0.2, -0.15) is 5.10 Å². The van der Waals surface area contributed by atoms with Gasteiger partial charge in [-0.05, 0) is 18.6 Å². The number of aromatic nitrogens is 2. The summed E-state index contributed by atoms with van der Waals surface area (Å²) in [5.74, 6) is 0. The third-order valence-corrected chi connectivity index (χ3v) is 3.26. The van der Waals surface area contributed by atoms with E-state index in [4.69, 9.17) is 0 Å². The van der Waals surface area contributed by atoms with Crippen LogP contribution in [0.25, 0.3) is 16.8 Å². The molecule has 3 rings (SSSR count). The number of hydrogen-bond acceptors (Lipinski definition) is 3. The van der Waals surface area contributed by atoms with Gasteiger partial charge < -0.3 is 0 Å². The molecule has 0 N–H and O–H groups in total. The molecule has 0 unspecified atom stereocenters. The van der Waals surface area contributed by atoms with Crippen LogP contribution in [0.5, 0.6) is 0 Å². The maximum Gasteiger partial charge on any atom is 0.294 e. The van der Waals surface area contributed by atoms with E-state index in [0.29, 0.717) is 5.69 Å². The van der Waals surface area contributed by atoms with E-state index < -0.39 is 4.92 Å². The fourth-order valence-electron chi connectivity index (χ4n) is 2.24. The predicted molar refractivity (Wildman–Crippen MR) is 80.4 cm³/mol. The van der Waals surface area contributed by atoms with Gasteiger partial charge in [-0.15, -0.1) is 0 Å². The van der Waals surface area contributed by atoms with Crippen molar-refractivity contribution in [3.8, 4) is 16.8 Å². The van der Waals surface area contributed by atoms with Crippen LogP contribution in [-0.2, 0) is 0 Å². The fraction of sp³-hybridized carbons (Fsp3) is 0.0625. The monoisotopic (exact) mass is 279 g/mol. The molecular formula is C16H13N3O2. The normalized spacial score (nSPS) is 10.5. The molecule has 0 fully saturated rings. The molecule has 1 heterocycles. The largest absolute Gasteiger partial charge is 0.294 e. The number of rotatable bonds is 3. The number of hydrogen-bond donors (Lipinski definition) is 0. The van der Waals surface area contributed by atoms with Gasteiger partial charge in [0.25, 0.3) is 5.69 Å². The van der Waals surface area contributed by atoms with Gasteiger partial charge in [0.15, 0.2) is 0 Å². The summed E-state index contributed by atoms with van der Waals surface area (Å²) >= 11 is 0. The Kier molecular flexibility index (Phi) is 3.23. The topological polar surface area (TPSA) is 61.0 Å². The van der Waals surface area contributed by atoms with Gasteiger partial charge >= 0.3 is 0 Å². The minimum absolute atomic E-state index is 0.0383. The second-order valence-corrected chi connectivity index (χ2v) is 4.79. The van der Waals surface area contributed by atoms with Crippen LogP contribution >= 0.6 is 0 Å². The highest BCUT2D eigenvalue weighted by molar-refractivity contribution is 5.64. The average Bonchev–Trinajstić information content (AvgIpc) is 2.97. The zero-order valence-corrected chi connectivity index (χ0v) is 11.4. The predicted octanol–water partition coefficient (Wildman–Crippen LogP) is 3.76. The molecule has 0 atom stereocenters. The van der Waals surface area contributed by atoms with Crippen molar-refractivity contribution in [3.05, 3.63) is 76.6 Å². The van der Waals surface area contributed by atoms with E-state index in [2.05, 4.69) is 11.2 Å². The Bertz CT molecular complexity index is 809. The Balaban J connectivity index is 2.05. The SMILES string of the molecule is Cc1cccc(-c2cnn(-c3ccccc3[N+](=O)[O-])c2)c1. The van der Waals surface area contributed by atoms with E-state index in [-0.39, 0.29) is 5.69 Å². The number of para-hydroxylation sites is 2. The van der Waals surface area contributed by atoms with Crippen LogP contribution in [0.15, 0.2) is 60.9 Å². The molecule has 21 heavy (non-hydrogen) atoms. The molecule has 0 aliphatic rings. The van der Waals surface area contributed by atoms with E-state index in [1.165, 1.54) is 10.7 Å². The van der Waals surface area contributed by atoms with E-state index in [1.54, 1.807) is 30.6 Å². The van der Waals surface area contributed by atoms with E-state index in [1.807, 2.05) is 25.1 Å². The van der Waals surface area contributed by atoms with E-state index in [9.17, 15) is 10.1 Å². The van der Waals surface area contributed by atoms with Crippen molar-refractivity contribution >= 4 is 5.69 Å². The third-order valence-electron chi connectivity index (χ3n) is 3.26.